The summed E-state index contributed by atoms with van der Waals surface area (Å²) in [5.74, 6) is -0.0701. The first-order chi connectivity index (χ1) is 18.0. The molecule has 1 aromatic carbocycles. The first-order valence-corrected chi connectivity index (χ1v) is 12.8. The lowest BCUT2D eigenvalue weighted by Crippen LogP contribution is -2.50. The van der Waals surface area contributed by atoms with Crippen LogP contribution >= 0.6 is 0 Å². The highest BCUT2D eigenvalue weighted by Gasteiger charge is 2.35. The summed E-state index contributed by atoms with van der Waals surface area (Å²) in [6.07, 6.45) is -0.421. The van der Waals surface area contributed by atoms with Gasteiger partial charge in [0.05, 0.1) is 18.0 Å². The van der Waals surface area contributed by atoms with E-state index in [1.807, 2.05) is 38.1 Å². The van der Waals surface area contributed by atoms with Gasteiger partial charge < -0.3 is 16.0 Å². The number of anilines is 1. The van der Waals surface area contributed by atoms with Crippen molar-refractivity contribution in [3.8, 4) is 0 Å². The summed E-state index contributed by atoms with van der Waals surface area (Å²) in [5, 5.41) is 3.99. The predicted octanol–water partition coefficient (Wildman–Crippen LogP) is 3.65. The molecule has 204 valence electrons. The van der Waals surface area contributed by atoms with Crippen LogP contribution in [0.5, 0.6) is 0 Å². The quantitative estimate of drug-likeness (QED) is 0.567. The Morgan fingerprint density at radius 2 is 1.84 bits per heavy atom. The van der Waals surface area contributed by atoms with Crippen LogP contribution < -0.4 is 11.1 Å². The molecule has 2 amide bonds. The average molecular weight is 531 g/mol. The minimum atomic E-state index is -4.37. The predicted molar refractivity (Wildman–Crippen MR) is 139 cm³/mol. The fourth-order valence-electron chi connectivity index (χ4n) is 4.82. The van der Waals surface area contributed by atoms with Crippen LogP contribution in [0, 0.1) is 11.8 Å². The van der Waals surface area contributed by atoms with Crippen LogP contribution in [0.25, 0.3) is 10.9 Å². The number of carbonyl (C=O) groups is 2. The van der Waals surface area contributed by atoms with Gasteiger partial charge in [-0.05, 0) is 30.9 Å². The highest BCUT2D eigenvalue weighted by Crippen LogP contribution is 2.32. The molecule has 4 rings (SSSR count). The molecule has 2 aliphatic rings. The van der Waals surface area contributed by atoms with Crippen molar-refractivity contribution in [2.45, 2.75) is 45.5 Å². The number of nitrogens with zero attached hydrogens (tertiary/aromatic N) is 4. The number of hydrogen-bond acceptors (Lipinski definition) is 6. The second-order valence-electron chi connectivity index (χ2n) is 10.1. The second-order valence-corrected chi connectivity index (χ2v) is 10.1. The fraction of sp³-hybridized carbons (Fsp3) is 0.481. The molecular weight excluding hydrogens is 497 g/mol. The molecule has 3 N–H and O–H groups in total. The topological polar surface area (TPSA) is 104 Å². The zero-order chi connectivity index (χ0) is 27.4. The molecule has 1 aliphatic heterocycles. The van der Waals surface area contributed by atoms with Gasteiger partial charge in [-0.1, -0.05) is 44.2 Å². The summed E-state index contributed by atoms with van der Waals surface area (Å²) in [4.78, 5) is 38.3. The van der Waals surface area contributed by atoms with Gasteiger partial charge in [0.1, 0.15) is 17.7 Å². The molecule has 0 saturated carbocycles. The maximum Gasteiger partial charge on any atom is 0.412 e. The zero-order valence-corrected chi connectivity index (χ0v) is 21.5. The lowest BCUT2D eigenvalue weighted by molar-refractivity contribution is -0.136. The van der Waals surface area contributed by atoms with Crippen LogP contribution in [0.1, 0.15) is 32.5 Å². The molecule has 38 heavy (non-hydrogen) atoms. The maximum atomic E-state index is 13.0. The monoisotopic (exact) mass is 530 g/mol. The van der Waals surface area contributed by atoms with Crippen LogP contribution in [-0.4, -0.2) is 70.0 Å². The first-order valence-electron chi connectivity index (χ1n) is 12.8. The van der Waals surface area contributed by atoms with Gasteiger partial charge in [-0.3, -0.25) is 14.5 Å². The number of para-hydroxylation sites is 1. The zero-order valence-electron chi connectivity index (χ0n) is 21.5. The van der Waals surface area contributed by atoms with Crippen LogP contribution in [0.2, 0.25) is 0 Å². The molecule has 2 unspecified atom stereocenters. The van der Waals surface area contributed by atoms with Gasteiger partial charge in [-0.2, -0.15) is 13.2 Å². The van der Waals surface area contributed by atoms with Crippen molar-refractivity contribution in [1.29, 1.82) is 0 Å². The van der Waals surface area contributed by atoms with Gasteiger partial charge in [0.2, 0.25) is 11.8 Å². The number of alkyl halides is 3. The lowest BCUT2D eigenvalue weighted by Gasteiger charge is -2.35. The number of primary amides is 1. The van der Waals surface area contributed by atoms with Gasteiger partial charge in [0.15, 0.2) is 0 Å². The number of carbonyl (C=O) groups excluding carboxylic acids is 2. The number of amides is 2. The summed E-state index contributed by atoms with van der Waals surface area (Å²) in [6, 6.07) is 6.95. The van der Waals surface area contributed by atoms with E-state index in [9.17, 15) is 22.8 Å². The van der Waals surface area contributed by atoms with Gasteiger partial charge in [0.25, 0.3) is 0 Å². The maximum absolute atomic E-state index is 13.0. The molecule has 2 aromatic rings. The van der Waals surface area contributed by atoms with Crippen LogP contribution in [0.15, 0.2) is 48.1 Å². The van der Waals surface area contributed by atoms with Gasteiger partial charge in [-0.15, -0.1) is 0 Å². The lowest BCUT2D eigenvalue weighted by atomic mass is 9.99. The van der Waals surface area contributed by atoms with Gasteiger partial charge in [-0.25, -0.2) is 9.97 Å². The van der Waals surface area contributed by atoms with E-state index in [1.54, 1.807) is 11.0 Å². The average Bonchev–Trinajstić information content (AvgIpc) is 3.13. The van der Waals surface area contributed by atoms with Crippen molar-refractivity contribution in [3.05, 3.63) is 53.9 Å². The number of piperazine rings is 1. The van der Waals surface area contributed by atoms with E-state index in [0.29, 0.717) is 44.4 Å². The van der Waals surface area contributed by atoms with Gasteiger partial charge in [0, 0.05) is 37.1 Å². The Morgan fingerprint density at radius 3 is 2.50 bits per heavy atom. The second kappa shape index (κ2) is 11.5. The van der Waals surface area contributed by atoms with E-state index < -0.39 is 29.6 Å². The normalized spacial score (nSPS) is 19.8. The molecule has 1 saturated heterocycles. The number of hydrogen-bond donors (Lipinski definition) is 2. The van der Waals surface area contributed by atoms with E-state index in [0.717, 1.165) is 17.0 Å². The molecule has 0 bridgehead atoms. The largest absolute Gasteiger partial charge is 0.412 e. The van der Waals surface area contributed by atoms with Crippen molar-refractivity contribution in [2.75, 3.05) is 31.5 Å². The molecule has 1 fully saturated rings. The number of aromatic nitrogens is 2. The molecule has 2 heterocycles. The Kier molecular flexibility index (Phi) is 8.35. The SMILES string of the molecule is CC(C)C(Nc1nc(CN2CCN(C(=O)C3C=CC=C(C(F)(F)F)CC3)CC2)nc2ccccc12)C(N)=O. The molecule has 0 radical (unpaired) electrons. The Hall–Kier alpha value is -3.47. The van der Waals surface area contributed by atoms with E-state index >= 15 is 0 Å². The van der Waals surface area contributed by atoms with Crippen molar-refractivity contribution in [2.24, 2.45) is 17.6 Å². The third-order valence-electron chi connectivity index (χ3n) is 7.01. The van der Waals surface area contributed by atoms with Crippen LogP contribution in [0.4, 0.5) is 19.0 Å². The highest BCUT2D eigenvalue weighted by atomic mass is 19.4. The van der Waals surface area contributed by atoms with Crippen molar-refractivity contribution in [3.63, 3.8) is 0 Å². The van der Waals surface area contributed by atoms with E-state index in [1.165, 1.54) is 6.08 Å². The Labute approximate surface area is 219 Å². The molecule has 1 aromatic heterocycles. The Balaban J connectivity index is 1.40. The standard InChI is InChI=1S/C27H33F3N6O2/c1-17(2)23(24(31)37)34-25-20-8-3-4-9-21(20)32-22(33-25)16-35-12-14-36(15-13-35)26(38)18-6-5-7-19(11-10-18)27(28,29)30/h3-9,17-18,23H,10-16H2,1-2H3,(H2,31,37)(H,32,33,34). The first kappa shape index (κ1) is 27.6. The third-order valence-corrected chi connectivity index (χ3v) is 7.01. The molecule has 2 atom stereocenters. The molecule has 11 heteroatoms. The fourth-order valence-corrected chi connectivity index (χ4v) is 4.82. The summed E-state index contributed by atoms with van der Waals surface area (Å²) in [7, 11) is 0. The minimum absolute atomic E-state index is 0.0329. The van der Waals surface area contributed by atoms with Crippen LogP contribution in [-0.2, 0) is 16.1 Å². The van der Waals surface area contributed by atoms with E-state index in [4.69, 9.17) is 15.7 Å². The summed E-state index contributed by atoms with van der Waals surface area (Å²) in [6.45, 7) is 6.38. The number of nitrogens with two attached hydrogens (primary N) is 1. The van der Waals surface area contributed by atoms with Crippen molar-refractivity contribution >= 4 is 28.5 Å². The van der Waals surface area contributed by atoms with E-state index in [-0.39, 0.29) is 24.7 Å². The number of allylic oxidation sites excluding steroid dienone is 3. The number of halogens is 3. The Morgan fingerprint density at radius 1 is 1.13 bits per heavy atom. The molecule has 0 spiro atoms. The van der Waals surface area contributed by atoms with Gasteiger partial charge >= 0.3 is 6.18 Å². The van der Waals surface area contributed by atoms with Crippen molar-refractivity contribution in [1.82, 2.24) is 19.8 Å². The number of nitrogens with one attached hydrogen (secondary N) is 1. The Bertz CT molecular complexity index is 1240. The molecule has 8 nitrogen and oxygen atoms in total. The summed E-state index contributed by atoms with van der Waals surface area (Å²) < 4.78 is 39.1. The smallest absolute Gasteiger partial charge is 0.368 e. The van der Waals surface area contributed by atoms with E-state index in [2.05, 4.69) is 10.2 Å². The molecular formula is C27H33F3N6O2. The summed E-state index contributed by atoms with van der Waals surface area (Å²) >= 11 is 0. The van der Waals surface area contributed by atoms with Crippen LogP contribution in [0.3, 0.4) is 0 Å². The molecule has 1 aliphatic carbocycles. The third kappa shape index (κ3) is 6.50. The summed E-state index contributed by atoms with van der Waals surface area (Å²) in [5.41, 5.74) is 5.74. The number of rotatable bonds is 7. The number of fused-ring (bicyclic) bond motifs is 1. The highest BCUT2D eigenvalue weighted by molar-refractivity contribution is 5.92. The van der Waals surface area contributed by atoms with Crippen molar-refractivity contribution < 1.29 is 22.8 Å². The minimum Gasteiger partial charge on any atom is -0.368 e. The number of benzene rings is 1.